The van der Waals surface area contributed by atoms with Gasteiger partial charge in [-0.05, 0) is 19.4 Å². The van der Waals surface area contributed by atoms with Crippen LogP contribution in [-0.2, 0) is 16.0 Å². The summed E-state index contributed by atoms with van der Waals surface area (Å²) in [7, 11) is 0. The number of carboxylic acids is 2. The summed E-state index contributed by atoms with van der Waals surface area (Å²) in [5.74, 6) is -3.44. The largest absolute Gasteiger partial charge is 0.512 e. The normalized spacial score (nSPS) is 12.1. The molecule has 1 atom stereocenters. The molecule has 0 spiro atoms. The van der Waals surface area contributed by atoms with Crippen molar-refractivity contribution in [3.05, 3.63) is 27.2 Å². The minimum absolute atomic E-state index is 0.00859. The third-order valence-corrected chi connectivity index (χ3v) is 4.36. The molecule has 1 aromatic carbocycles. The molecule has 25 heavy (non-hydrogen) atoms. The number of H-pyrrole nitrogens is 1. The summed E-state index contributed by atoms with van der Waals surface area (Å²) in [6, 6.07) is 1.40. The number of fused-ring (bicyclic) bond motifs is 1. The van der Waals surface area contributed by atoms with Crippen molar-refractivity contribution in [1.82, 2.24) is 4.98 Å². The third-order valence-electron chi connectivity index (χ3n) is 3.66. The van der Waals surface area contributed by atoms with Gasteiger partial charge in [-0.1, -0.05) is 23.2 Å². The van der Waals surface area contributed by atoms with Gasteiger partial charge in [-0.2, -0.15) is 0 Å². The molecule has 0 saturated carbocycles. The Labute approximate surface area is 150 Å². The zero-order chi connectivity index (χ0) is 18.9. The first-order valence-corrected chi connectivity index (χ1v) is 7.76. The number of benzene rings is 1. The monoisotopic (exact) mass is 389 g/mol. The van der Waals surface area contributed by atoms with Crippen molar-refractivity contribution in [2.45, 2.75) is 25.7 Å². The van der Waals surface area contributed by atoms with Crippen molar-refractivity contribution in [2.24, 2.45) is 0 Å². The Balaban J connectivity index is 2.74. The molecule has 0 aliphatic carbocycles. The Morgan fingerprint density at radius 1 is 1.24 bits per heavy atom. The van der Waals surface area contributed by atoms with Gasteiger partial charge in [0.05, 0.1) is 16.5 Å². The number of rotatable bonds is 6. The summed E-state index contributed by atoms with van der Waals surface area (Å²) < 4.78 is 4.66. The summed E-state index contributed by atoms with van der Waals surface area (Å²) in [5.41, 5.74) is 0.689. The number of hydrogen-bond donors (Lipinski definition) is 4. The number of aromatic amines is 1. The molecule has 1 aromatic heterocycles. The van der Waals surface area contributed by atoms with Crippen LogP contribution in [0, 0.1) is 0 Å². The van der Waals surface area contributed by atoms with Crippen LogP contribution in [0.15, 0.2) is 6.07 Å². The van der Waals surface area contributed by atoms with E-state index >= 15 is 0 Å². The zero-order valence-electron chi connectivity index (χ0n) is 12.8. The van der Waals surface area contributed by atoms with Crippen molar-refractivity contribution < 1.29 is 34.4 Å². The number of aryl methyl sites for hydroxylation is 1. The molecule has 134 valence electrons. The summed E-state index contributed by atoms with van der Waals surface area (Å²) in [6.45, 7) is 1.40. The average Bonchev–Trinajstić information content (AvgIpc) is 2.81. The first-order valence-electron chi connectivity index (χ1n) is 7.01. The fourth-order valence-electron chi connectivity index (χ4n) is 2.50. The summed E-state index contributed by atoms with van der Waals surface area (Å²) >= 11 is 12.5. The molecule has 0 saturated heterocycles. The van der Waals surface area contributed by atoms with Crippen LogP contribution in [0.4, 0.5) is 4.79 Å². The molecular weight excluding hydrogens is 377 g/mol. The Kier molecular flexibility index (Phi) is 5.44. The molecule has 1 unspecified atom stereocenters. The van der Waals surface area contributed by atoms with E-state index in [-0.39, 0.29) is 45.3 Å². The van der Waals surface area contributed by atoms with Crippen LogP contribution in [-0.4, -0.2) is 38.4 Å². The quantitative estimate of drug-likeness (QED) is 0.552. The molecule has 2 aromatic rings. The predicted molar refractivity (Wildman–Crippen MR) is 89.0 cm³/mol. The van der Waals surface area contributed by atoms with Gasteiger partial charge in [0.25, 0.3) is 0 Å². The van der Waals surface area contributed by atoms with Gasteiger partial charge >= 0.3 is 18.1 Å². The molecule has 4 N–H and O–H groups in total. The van der Waals surface area contributed by atoms with Crippen molar-refractivity contribution >= 4 is 52.2 Å². The second kappa shape index (κ2) is 7.20. The Hall–Kier alpha value is -2.45. The fourth-order valence-corrected chi connectivity index (χ4v) is 3.40. The van der Waals surface area contributed by atoms with Crippen molar-refractivity contribution in [3.8, 4) is 5.88 Å². The lowest BCUT2D eigenvalue weighted by Crippen LogP contribution is -2.09. The van der Waals surface area contributed by atoms with Crippen LogP contribution in [0.5, 0.6) is 5.88 Å². The van der Waals surface area contributed by atoms with E-state index in [1.807, 2.05) is 0 Å². The number of hydrogen-bond acceptors (Lipinski definition) is 4. The van der Waals surface area contributed by atoms with Crippen LogP contribution in [0.1, 0.15) is 30.4 Å². The highest BCUT2D eigenvalue weighted by Gasteiger charge is 2.26. The second-order valence-electron chi connectivity index (χ2n) is 5.26. The van der Waals surface area contributed by atoms with E-state index in [0.717, 1.165) is 0 Å². The van der Waals surface area contributed by atoms with Crippen molar-refractivity contribution in [2.75, 3.05) is 0 Å². The van der Waals surface area contributed by atoms with E-state index in [1.54, 1.807) is 0 Å². The van der Waals surface area contributed by atoms with Crippen LogP contribution in [0.2, 0.25) is 10.0 Å². The second-order valence-corrected chi connectivity index (χ2v) is 6.05. The van der Waals surface area contributed by atoms with Gasteiger partial charge in [-0.3, -0.25) is 9.59 Å². The Morgan fingerprint density at radius 2 is 1.88 bits per heavy atom. The van der Waals surface area contributed by atoms with Gasteiger partial charge in [0.1, 0.15) is 0 Å². The van der Waals surface area contributed by atoms with Gasteiger partial charge in [0, 0.05) is 28.0 Å². The SMILES string of the molecule is CC(C(=O)O)c1c(Cl)cc2[nH]c(OC(=O)O)c(CCC(=O)O)c2c1Cl. The zero-order valence-corrected chi connectivity index (χ0v) is 14.3. The van der Waals surface area contributed by atoms with E-state index in [0.29, 0.717) is 5.52 Å². The highest BCUT2D eigenvalue weighted by Crippen LogP contribution is 2.42. The van der Waals surface area contributed by atoms with Crippen LogP contribution < -0.4 is 4.74 Å². The average molecular weight is 390 g/mol. The van der Waals surface area contributed by atoms with E-state index < -0.39 is 24.0 Å². The summed E-state index contributed by atoms with van der Waals surface area (Å²) in [5, 5.41) is 27.3. The standard InChI is InChI=1S/C15H13Cl2NO7/c1-5(14(21)22)10-7(16)4-8-11(12(10)17)6(2-3-9(19)20)13(18-8)25-15(23)24/h4-5,18H,2-3H2,1H3,(H,19,20)(H,21,22)(H,23,24). The number of carboxylic acid groups (broad SMARTS) is 3. The lowest BCUT2D eigenvalue weighted by Gasteiger charge is -2.13. The summed E-state index contributed by atoms with van der Waals surface area (Å²) in [6.07, 6.45) is -1.96. The molecule has 2 rings (SSSR count). The molecule has 0 amide bonds. The lowest BCUT2D eigenvalue weighted by molar-refractivity contribution is -0.138. The maximum absolute atomic E-state index is 11.3. The van der Waals surface area contributed by atoms with Crippen LogP contribution in [0.3, 0.4) is 0 Å². The van der Waals surface area contributed by atoms with Gasteiger partial charge < -0.3 is 25.0 Å². The topological polar surface area (TPSA) is 137 Å². The Morgan fingerprint density at radius 3 is 2.40 bits per heavy atom. The maximum Gasteiger partial charge on any atom is 0.512 e. The molecule has 0 aliphatic heterocycles. The highest BCUT2D eigenvalue weighted by atomic mass is 35.5. The molecule has 0 radical (unpaired) electrons. The lowest BCUT2D eigenvalue weighted by atomic mass is 9.97. The Bertz CT molecular complexity index is 875. The van der Waals surface area contributed by atoms with Gasteiger partial charge in [0.15, 0.2) is 0 Å². The van der Waals surface area contributed by atoms with Gasteiger partial charge in [-0.15, -0.1) is 0 Å². The number of halogens is 2. The van der Waals surface area contributed by atoms with Crippen molar-refractivity contribution in [3.63, 3.8) is 0 Å². The van der Waals surface area contributed by atoms with Gasteiger partial charge in [0.2, 0.25) is 5.88 Å². The number of nitrogens with one attached hydrogen (secondary N) is 1. The molecule has 8 nitrogen and oxygen atoms in total. The first kappa shape index (κ1) is 18.9. The molecule has 0 aliphatic rings. The maximum atomic E-state index is 11.3. The van der Waals surface area contributed by atoms with E-state index in [9.17, 15) is 19.5 Å². The molecule has 0 bridgehead atoms. The molecule has 0 fully saturated rings. The van der Waals surface area contributed by atoms with E-state index in [1.165, 1.54) is 13.0 Å². The van der Waals surface area contributed by atoms with E-state index in [2.05, 4.69) is 9.72 Å². The number of aliphatic carboxylic acids is 2. The predicted octanol–water partition coefficient (Wildman–Crippen LogP) is 3.74. The van der Waals surface area contributed by atoms with Crippen LogP contribution >= 0.6 is 23.2 Å². The summed E-state index contributed by atoms with van der Waals surface area (Å²) in [4.78, 5) is 35.7. The minimum atomic E-state index is -1.59. The van der Waals surface area contributed by atoms with E-state index in [4.69, 9.17) is 33.4 Å². The molecule has 1 heterocycles. The number of ether oxygens (including phenoxy) is 1. The van der Waals surface area contributed by atoms with Crippen LogP contribution in [0.25, 0.3) is 10.9 Å². The first-order chi connectivity index (χ1) is 11.6. The number of carbonyl (C=O) groups is 3. The number of aromatic nitrogens is 1. The third kappa shape index (κ3) is 3.80. The molecule has 10 heteroatoms. The van der Waals surface area contributed by atoms with Gasteiger partial charge in [-0.25, -0.2) is 4.79 Å². The minimum Gasteiger partial charge on any atom is -0.481 e. The van der Waals surface area contributed by atoms with Crippen molar-refractivity contribution in [1.29, 1.82) is 0 Å². The highest BCUT2D eigenvalue weighted by molar-refractivity contribution is 6.40. The fraction of sp³-hybridized carbons (Fsp3) is 0.267. The molecular formula is C15H13Cl2NO7. The smallest absolute Gasteiger partial charge is 0.481 e.